The maximum absolute atomic E-state index is 13.5. The number of aliphatic hydroxyl groups excluding tert-OH is 2. The van der Waals surface area contributed by atoms with Gasteiger partial charge in [0.15, 0.2) is 0 Å². The topological polar surface area (TPSA) is 245 Å². The fourth-order valence-corrected chi connectivity index (χ4v) is 5.63. The van der Waals surface area contributed by atoms with Crippen molar-refractivity contribution in [3.05, 3.63) is 71.8 Å². The highest BCUT2D eigenvalue weighted by atomic mass is 16.5. The predicted octanol–water partition coefficient (Wildman–Crippen LogP) is 0.755. The van der Waals surface area contributed by atoms with Crippen molar-refractivity contribution in [1.29, 1.82) is 10.8 Å². The van der Waals surface area contributed by atoms with Crippen molar-refractivity contribution < 1.29 is 34.1 Å². The van der Waals surface area contributed by atoms with E-state index in [1.807, 2.05) is 45.0 Å². The van der Waals surface area contributed by atoms with Crippen molar-refractivity contribution in [2.45, 2.75) is 88.4 Å². The first-order valence-electron chi connectivity index (χ1n) is 14.4. The summed E-state index contributed by atoms with van der Waals surface area (Å²) in [6.45, 7) is 5.78. The van der Waals surface area contributed by atoms with Gasteiger partial charge in [-0.05, 0) is 38.3 Å². The molecule has 2 aromatic rings. The predicted molar refractivity (Wildman–Crippen MR) is 163 cm³/mol. The van der Waals surface area contributed by atoms with E-state index < -0.39 is 65.6 Å². The second kappa shape index (κ2) is 16.5. The van der Waals surface area contributed by atoms with Crippen molar-refractivity contribution in [3.63, 3.8) is 0 Å². The smallest absolute Gasteiger partial charge is 0.408 e. The molecule has 14 nitrogen and oxygen atoms in total. The molecule has 8 N–H and O–H groups in total. The Balaban J connectivity index is 0.00000345. The Labute approximate surface area is 262 Å². The Hall–Kier alpha value is -4.58. The van der Waals surface area contributed by atoms with E-state index in [4.69, 9.17) is 27.0 Å². The minimum absolute atomic E-state index is 0.0157. The highest BCUT2D eigenvalue weighted by Crippen LogP contribution is 2.39. The van der Waals surface area contributed by atoms with Crippen LogP contribution in [0.25, 0.3) is 0 Å². The number of hydrogen-bond donors (Lipinski definition) is 6. The van der Waals surface area contributed by atoms with Gasteiger partial charge in [-0.25, -0.2) is 4.79 Å². The number of nitrogens with zero attached hydrogens (tertiary/aromatic N) is 3. The summed E-state index contributed by atoms with van der Waals surface area (Å²) in [7, 11) is 0. The number of likely N-dealkylation sites (tertiary alicyclic amines) is 1. The number of nitrogens with one attached hydrogen (secondary N) is 2. The van der Waals surface area contributed by atoms with Crippen LogP contribution in [0, 0.1) is 10.8 Å². The molecule has 0 saturated carbocycles. The first kappa shape index (κ1) is 36.6. The van der Waals surface area contributed by atoms with Crippen LogP contribution in [0.15, 0.2) is 60.7 Å². The number of rotatable bonds is 13. The zero-order valence-electron chi connectivity index (χ0n) is 25.8. The van der Waals surface area contributed by atoms with Crippen LogP contribution in [0.1, 0.15) is 51.2 Å². The van der Waals surface area contributed by atoms with Crippen molar-refractivity contribution in [1.82, 2.24) is 15.5 Å². The lowest BCUT2D eigenvalue weighted by atomic mass is 9.82. The summed E-state index contributed by atoms with van der Waals surface area (Å²) in [5.41, 5.74) is 10.8. The lowest BCUT2D eigenvalue weighted by molar-refractivity contribution is -0.135. The summed E-state index contributed by atoms with van der Waals surface area (Å²) in [6, 6.07) is 15.6. The molecule has 1 aliphatic heterocycles. The van der Waals surface area contributed by atoms with E-state index in [2.05, 4.69) is 10.6 Å². The average Bonchev–Trinajstić information content (AvgIpc) is 3.35. The lowest BCUT2D eigenvalue weighted by Gasteiger charge is -2.45. The number of amides is 4. The van der Waals surface area contributed by atoms with Gasteiger partial charge < -0.3 is 37.1 Å². The number of aliphatic hydroxyl groups is 2. The maximum Gasteiger partial charge on any atom is 0.408 e. The van der Waals surface area contributed by atoms with Crippen LogP contribution in [0.2, 0.25) is 0 Å². The van der Waals surface area contributed by atoms with Crippen LogP contribution in [0.4, 0.5) is 4.79 Å². The monoisotopic (exact) mass is 625 g/mol. The highest BCUT2D eigenvalue weighted by molar-refractivity contribution is 5.90. The molecule has 2 aromatic carbocycles. The van der Waals surface area contributed by atoms with Gasteiger partial charge >= 0.3 is 6.09 Å². The minimum atomic E-state index is -1.39. The average molecular weight is 626 g/mol. The van der Waals surface area contributed by atoms with Gasteiger partial charge in [0.05, 0.1) is 24.7 Å². The summed E-state index contributed by atoms with van der Waals surface area (Å²) in [4.78, 5) is 52.6. The SMILES string of the molecule is CC(C)(C)N1C[C@H](O)C[C@@]1(C[C@@H](O)[C@H](Cc1ccccc1)NC(=O)[C@H](CC(N)=O)NC(=O)OCc1ccccc1)C(N)=O.N#N. The van der Waals surface area contributed by atoms with Crippen LogP contribution in [-0.2, 0) is 32.1 Å². The molecule has 1 fully saturated rings. The number of nitrogens with two attached hydrogens (primary N) is 2. The minimum Gasteiger partial charge on any atom is -0.445 e. The Morgan fingerprint density at radius 1 is 1.00 bits per heavy atom. The van der Waals surface area contributed by atoms with Crippen LogP contribution in [0.5, 0.6) is 0 Å². The van der Waals surface area contributed by atoms with Crippen molar-refractivity contribution in [2.75, 3.05) is 6.54 Å². The molecule has 0 radical (unpaired) electrons. The van der Waals surface area contributed by atoms with Gasteiger partial charge in [0, 0.05) is 35.7 Å². The molecule has 0 spiro atoms. The molecule has 4 amide bonds. The van der Waals surface area contributed by atoms with Gasteiger partial charge in [-0.15, -0.1) is 0 Å². The van der Waals surface area contributed by atoms with Gasteiger partial charge in [-0.3, -0.25) is 19.3 Å². The van der Waals surface area contributed by atoms with E-state index in [0.29, 0.717) is 0 Å². The normalized spacial score (nSPS) is 20.0. The van der Waals surface area contributed by atoms with Gasteiger partial charge in [-0.1, -0.05) is 60.7 Å². The zero-order chi connectivity index (χ0) is 33.8. The number of primary amides is 2. The molecule has 0 aromatic heterocycles. The number of carbonyl (C=O) groups is 4. The molecule has 1 saturated heterocycles. The number of benzene rings is 2. The molecule has 1 aliphatic rings. The quantitative estimate of drug-likeness (QED) is 0.171. The standard InChI is InChI=1S/C31H43N5O7.N2/c1-30(2,3)36-18-22(37)16-31(36,28(33)41)17-25(38)23(14-20-10-6-4-7-11-20)34-27(40)24(15-26(32)39)35-29(42)43-19-21-12-8-5-9-13-21;1-2/h4-13,22-25,37-38H,14-19H2,1-3H3,(H2,32,39)(H2,33,41)(H,34,40)(H,35,42);/t22-,23+,24+,25-,31-;/m1./s1. The molecular formula is C31H43N7O7. The summed E-state index contributed by atoms with van der Waals surface area (Å²) in [5, 5.41) is 39.3. The Morgan fingerprint density at radius 2 is 1.56 bits per heavy atom. The summed E-state index contributed by atoms with van der Waals surface area (Å²) < 4.78 is 5.21. The third-order valence-corrected chi connectivity index (χ3v) is 7.62. The fraction of sp³-hybridized carbons (Fsp3) is 0.484. The van der Waals surface area contributed by atoms with Crippen LogP contribution >= 0.6 is 0 Å². The van der Waals surface area contributed by atoms with Crippen molar-refractivity contribution in [3.8, 4) is 0 Å². The van der Waals surface area contributed by atoms with Crippen LogP contribution in [-0.4, -0.2) is 80.8 Å². The maximum atomic E-state index is 13.5. The van der Waals surface area contributed by atoms with Gasteiger partial charge in [0.1, 0.15) is 18.2 Å². The molecule has 0 bridgehead atoms. The molecule has 45 heavy (non-hydrogen) atoms. The third kappa shape index (κ3) is 10.5. The molecule has 0 aliphatic carbocycles. The second-order valence-electron chi connectivity index (χ2n) is 12.0. The molecule has 5 atom stereocenters. The Morgan fingerprint density at radius 3 is 2.07 bits per heavy atom. The lowest BCUT2D eigenvalue weighted by Crippen LogP contribution is -2.63. The molecule has 244 valence electrons. The van der Waals surface area contributed by atoms with Crippen LogP contribution in [0.3, 0.4) is 0 Å². The number of ether oxygens (including phenoxy) is 1. The molecule has 14 heteroatoms. The van der Waals surface area contributed by atoms with Crippen LogP contribution < -0.4 is 22.1 Å². The van der Waals surface area contributed by atoms with E-state index in [1.165, 1.54) is 0 Å². The van der Waals surface area contributed by atoms with E-state index in [0.717, 1.165) is 11.1 Å². The van der Waals surface area contributed by atoms with E-state index in [-0.39, 0.29) is 32.4 Å². The first-order valence-corrected chi connectivity index (χ1v) is 14.4. The summed E-state index contributed by atoms with van der Waals surface area (Å²) in [5.74, 6) is -2.31. The molecule has 3 rings (SSSR count). The molecule has 0 unspecified atom stereocenters. The Bertz CT molecular complexity index is 1300. The molecular weight excluding hydrogens is 582 g/mol. The number of hydrogen-bond acceptors (Lipinski definition) is 10. The molecule has 1 heterocycles. The van der Waals surface area contributed by atoms with E-state index >= 15 is 0 Å². The van der Waals surface area contributed by atoms with E-state index in [9.17, 15) is 29.4 Å². The third-order valence-electron chi connectivity index (χ3n) is 7.62. The summed E-state index contributed by atoms with van der Waals surface area (Å²) >= 11 is 0. The number of β-amino-alcohol motifs (C(OH)–C–C–N with tert-alkyl or cyclic N) is 1. The number of alkyl carbamates (subject to hydrolysis) is 1. The largest absolute Gasteiger partial charge is 0.445 e. The second-order valence-corrected chi connectivity index (χ2v) is 12.0. The highest BCUT2D eigenvalue weighted by Gasteiger charge is 2.54. The van der Waals surface area contributed by atoms with Crippen molar-refractivity contribution >= 4 is 23.8 Å². The van der Waals surface area contributed by atoms with E-state index in [1.54, 1.807) is 41.3 Å². The van der Waals surface area contributed by atoms with Gasteiger partial charge in [0.2, 0.25) is 17.7 Å². The fourth-order valence-electron chi connectivity index (χ4n) is 5.63. The van der Waals surface area contributed by atoms with Gasteiger partial charge in [0.25, 0.3) is 0 Å². The van der Waals surface area contributed by atoms with Gasteiger partial charge in [-0.2, -0.15) is 0 Å². The Kier molecular flexibility index (Phi) is 13.4. The van der Waals surface area contributed by atoms with Crippen molar-refractivity contribution in [2.24, 2.45) is 11.5 Å². The first-order chi connectivity index (χ1) is 21.2. The summed E-state index contributed by atoms with van der Waals surface area (Å²) in [6.07, 6.45) is -3.61. The zero-order valence-corrected chi connectivity index (χ0v) is 25.8. The number of carbonyl (C=O) groups excluding carboxylic acids is 4.